The summed E-state index contributed by atoms with van der Waals surface area (Å²) < 4.78 is 8.78. The van der Waals surface area contributed by atoms with Gasteiger partial charge >= 0.3 is 6.03 Å². The minimum absolute atomic E-state index is 0.110. The highest BCUT2D eigenvalue weighted by Gasteiger charge is 2.35. The first-order chi connectivity index (χ1) is 17.2. The van der Waals surface area contributed by atoms with Gasteiger partial charge in [-0.15, -0.1) is 0 Å². The second-order valence-corrected chi connectivity index (χ2v) is 11.3. The summed E-state index contributed by atoms with van der Waals surface area (Å²) in [6.45, 7) is 1.99. The van der Waals surface area contributed by atoms with Crippen molar-refractivity contribution in [1.29, 1.82) is 0 Å². The molecule has 10 heteroatoms. The van der Waals surface area contributed by atoms with Crippen LogP contribution in [0.2, 0.25) is 0 Å². The Morgan fingerprint density at radius 2 is 1.69 bits per heavy atom. The molecule has 0 atom stereocenters. The number of aryl methyl sites for hydroxylation is 1. The maximum absolute atomic E-state index is 12.8. The highest BCUT2D eigenvalue weighted by Crippen LogP contribution is 2.31. The third-order valence-corrected chi connectivity index (χ3v) is 7.36. The van der Waals surface area contributed by atoms with Gasteiger partial charge in [-0.05, 0) is 106 Å². The molecular weight excluding hydrogens is 752 g/mol. The van der Waals surface area contributed by atoms with Crippen LogP contribution in [0.5, 0.6) is 5.75 Å². The molecule has 0 unspecified atom stereocenters. The maximum atomic E-state index is 12.8. The number of carbonyl (C=O) groups excluding carboxylic acids is 3. The lowest BCUT2D eigenvalue weighted by atomic mass is 10.2. The largest absolute Gasteiger partial charge is 0.487 e. The van der Waals surface area contributed by atoms with Crippen LogP contribution in [0.25, 0.3) is 6.08 Å². The minimum atomic E-state index is -0.635. The van der Waals surface area contributed by atoms with Gasteiger partial charge in [-0.2, -0.15) is 0 Å². The van der Waals surface area contributed by atoms with E-state index in [0.717, 1.165) is 39.0 Å². The van der Waals surface area contributed by atoms with Gasteiger partial charge in [0.25, 0.3) is 5.91 Å². The molecule has 1 saturated heterocycles. The van der Waals surface area contributed by atoms with E-state index in [2.05, 4.69) is 71.7 Å². The molecule has 3 aromatic rings. The molecule has 3 aromatic carbocycles. The van der Waals surface area contributed by atoms with Gasteiger partial charge in [-0.1, -0.05) is 45.8 Å². The second-order valence-electron chi connectivity index (χ2n) is 8.02. The Balaban J connectivity index is 1.43. The van der Waals surface area contributed by atoms with E-state index in [9.17, 15) is 14.4 Å². The molecule has 2 N–H and O–H groups in total. The van der Waals surface area contributed by atoms with Gasteiger partial charge in [-0.3, -0.25) is 9.59 Å². The lowest BCUT2D eigenvalue weighted by Gasteiger charge is -2.12. The number of rotatable bonds is 7. The fraction of sp³-hybridized carbons (Fsp3) is 0.115. The molecule has 36 heavy (non-hydrogen) atoms. The molecule has 0 aromatic heterocycles. The summed E-state index contributed by atoms with van der Waals surface area (Å²) in [5.74, 6) is -0.267. The fourth-order valence-corrected chi connectivity index (χ4v) is 5.79. The third-order valence-electron chi connectivity index (χ3n) is 5.23. The van der Waals surface area contributed by atoms with Crippen molar-refractivity contribution in [3.05, 3.63) is 94.7 Å². The summed E-state index contributed by atoms with van der Waals surface area (Å²) in [6.07, 6.45) is 1.60. The molecule has 1 aliphatic rings. The van der Waals surface area contributed by atoms with Gasteiger partial charge in [-0.25, -0.2) is 9.69 Å². The summed E-state index contributed by atoms with van der Waals surface area (Å²) in [6, 6.07) is 18.3. The smallest absolute Gasteiger partial charge is 0.329 e. The van der Waals surface area contributed by atoms with Crippen molar-refractivity contribution in [2.24, 2.45) is 0 Å². The number of halogens is 3. The fourth-order valence-electron chi connectivity index (χ4n) is 3.40. The Morgan fingerprint density at radius 3 is 2.33 bits per heavy atom. The number of ether oxygens (including phenoxy) is 1. The Kier molecular flexibility index (Phi) is 8.67. The number of urea groups is 1. The molecule has 0 bridgehead atoms. The predicted molar refractivity (Wildman–Crippen MR) is 158 cm³/mol. The average Bonchev–Trinajstić information content (AvgIpc) is 3.08. The Bertz CT molecular complexity index is 1340. The zero-order chi connectivity index (χ0) is 25.8. The molecule has 1 heterocycles. The van der Waals surface area contributed by atoms with Crippen molar-refractivity contribution >= 4 is 90.7 Å². The summed E-state index contributed by atoms with van der Waals surface area (Å²) in [5.41, 5.74) is 3.54. The van der Waals surface area contributed by atoms with Gasteiger partial charge in [0.05, 0.1) is 7.14 Å². The first-order valence-corrected chi connectivity index (χ1v) is 13.7. The van der Waals surface area contributed by atoms with Crippen molar-refractivity contribution in [3.63, 3.8) is 0 Å². The molecule has 0 saturated carbocycles. The number of benzene rings is 3. The van der Waals surface area contributed by atoms with Gasteiger partial charge in [0.2, 0.25) is 5.91 Å². The molecule has 0 spiro atoms. The van der Waals surface area contributed by atoms with Crippen LogP contribution in [0.1, 0.15) is 16.7 Å². The summed E-state index contributed by atoms with van der Waals surface area (Å²) in [5, 5.41) is 5.26. The number of hydrogen-bond acceptors (Lipinski definition) is 4. The van der Waals surface area contributed by atoms with Crippen LogP contribution in [0.4, 0.5) is 10.5 Å². The van der Waals surface area contributed by atoms with E-state index in [1.807, 2.05) is 55.5 Å². The van der Waals surface area contributed by atoms with Crippen molar-refractivity contribution in [2.75, 3.05) is 11.9 Å². The van der Waals surface area contributed by atoms with E-state index < -0.39 is 17.8 Å². The summed E-state index contributed by atoms with van der Waals surface area (Å²) in [4.78, 5) is 38.5. The number of carbonyl (C=O) groups is 3. The van der Waals surface area contributed by atoms with Gasteiger partial charge < -0.3 is 15.4 Å². The Labute approximate surface area is 244 Å². The van der Waals surface area contributed by atoms with Crippen LogP contribution in [-0.4, -0.2) is 29.3 Å². The van der Waals surface area contributed by atoms with Crippen molar-refractivity contribution in [1.82, 2.24) is 10.2 Å². The van der Waals surface area contributed by atoms with E-state index in [1.54, 1.807) is 18.2 Å². The van der Waals surface area contributed by atoms with E-state index in [-0.39, 0.29) is 12.2 Å². The van der Waals surface area contributed by atoms with Crippen LogP contribution in [0, 0.1) is 14.1 Å². The first kappa shape index (κ1) is 26.6. The van der Waals surface area contributed by atoms with Crippen LogP contribution < -0.4 is 15.4 Å². The minimum Gasteiger partial charge on any atom is -0.487 e. The molecule has 184 valence electrons. The van der Waals surface area contributed by atoms with E-state index in [1.165, 1.54) is 0 Å². The van der Waals surface area contributed by atoms with E-state index >= 15 is 0 Å². The molecule has 4 amide bonds. The number of nitrogens with zero attached hydrogens (tertiary/aromatic N) is 1. The third kappa shape index (κ3) is 6.65. The molecule has 7 nitrogen and oxygen atoms in total. The highest BCUT2D eigenvalue weighted by atomic mass is 127. The molecule has 1 aliphatic heterocycles. The summed E-state index contributed by atoms with van der Waals surface area (Å²) in [7, 11) is 0. The molecule has 0 radical (unpaired) electrons. The number of amides is 4. The molecule has 1 fully saturated rings. The molecular formula is C26H20BrI2N3O4. The van der Waals surface area contributed by atoms with Crippen LogP contribution in [0.15, 0.2) is 70.8 Å². The standard InChI is InChI=1S/C26H20BrI2N3O4/c1-15-2-8-19(9-3-15)30-23(33)13-32-25(34)22(31-26(32)35)12-17-10-20(28)24(21(29)11-17)36-14-16-4-6-18(27)7-5-16/h2-12H,13-14H2,1H3,(H,30,33)(H,31,35)/b22-12+. The van der Waals surface area contributed by atoms with Crippen LogP contribution in [0.3, 0.4) is 0 Å². The lowest BCUT2D eigenvalue weighted by molar-refractivity contribution is -0.127. The topological polar surface area (TPSA) is 87.7 Å². The van der Waals surface area contributed by atoms with Crippen molar-refractivity contribution < 1.29 is 19.1 Å². The molecule has 4 rings (SSSR count). The van der Waals surface area contributed by atoms with Gasteiger partial charge in [0.15, 0.2) is 0 Å². The highest BCUT2D eigenvalue weighted by molar-refractivity contribution is 14.1. The van der Waals surface area contributed by atoms with Gasteiger partial charge in [0.1, 0.15) is 24.6 Å². The number of nitrogens with one attached hydrogen (secondary N) is 2. The second kappa shape index (κ2) is 11.7. The normalized spacial score (nSPS) is 14.2. The Morgan fingerprint density at radius 1 is 1.06 bits per heavy atom. The number of hydrogen-bond donors (Lipinski definition) is 2. The SMILES string of the molecule is Cc1ccc(NC(=O)CN2C(=O)N/C(=C/c3cc(I)c(OCc4ccc(Br)cc4)c(I)c3)C2=O)cc1. The van der Waals surface area contributed by atoms with Crippen LogP contribution in [-0.2, 0) is 16.2 Å². The first-order valence-electron chi connectivity index (χ1n) is 10.8. The molecule has 0 aliphatic carbocycles. The van der Waals surface area contributed by atoms with Crippen LogP contribution >= 0.6 is 61.1 Å². The lowest BCUT2D eigenvalue weighted by Crippen LogP contribution is -2.38. The zero-order valence-corrected chi connectivity index (χ0v) is 24.9. The van der Waals surface area contributed by atoms with Crippen molar-refractivity contribution in [2.45, 2.75) is 13.5 Å². The predicted octanol–water partition coefficient (Wildman–Crippen LogP) is 6.08. The number of imide groups is 1. The zero-order valence-electron chi connectivity index (χ0n) is 19.0. The number of anilines is 1. The quantitative estimate of drug-likeness (QED) is 0.173. The monoisotopic (exact) mass is 771 g/mol. The van der Waals surface area contributed by atoms with E-state index in [0.29, 0.717) is 12.3 Å². The van der Waals surface area contributed by atoms with Crippen molar-refractivity contribution in [3.8, 4) is 5.75 Å². The average molecular weight is 772 g/mol. The van der Waals surface area contributed by atoms with Gasteiger partial charge in [0, 0.05) is 10.2 Å². The summed E-state index contributed by atoms with van der Waals surface area (Å²) >= 11 is 7.80. The van der Waals surface area contributed by atoms with E-state index in [4.69, 9.17) is 4.74 Å². The Hall–Kier alpha value is -2.45. The maximum Gasteiger partial charge on any atom is 0.329 e.